The lowest BCUT2D eigenvalue weighted by Crippen LogP contribution is -2.52. The van der Waals surface area contributed by atoms with Gasteiger partial charge in [-0.1, -0.05) is 30.3 Å². The van der Waals surface area contributed by atoms with Gasteiger partial charge >= 0.3 is 12.1 Å². The van der Waals surface area contributed by atoms with Crippen LogP contribution in [0.4, 0.5) is 13.2 Å². The lowest BCUT2D eigenvalue weighted by molar-refractivity contribution is -0.240. The quantitative estimate of drug-likeness (QED) is 0.877. The fourth-order valence-corrected chi connectivity index (χ4v) is 2.67. The zero-order chi connectivity index (χ0) is 17.5. The topological polar surface area (TPSA) is 66.8 Å². The van der Waals surface area contributed by atoms with Crippen molar-refractivity contribution in [3.8, 4) is 11.5 Å². The van der Waals surface area contributed by atoms with Crippen LogP contribution in [0.3, 0.4) is 0 Å². The highest BCUT2D eigenvalue weighted by Gasteiger charge is 2.64. The first-order valence-corrected chi connectivity index (χ1v) is 6.85. The summed E-state index contributed by atoms with van der Waals surface area (Å²) in [4.78, 5) is 11.6. The summed E-state index contributed by atoms with van der Waals surface area (Å²) in [6.07, 6.45) is -4.08. The van der Waals surface area contributed by atoms with Gasteiger partial charge in [-0.25, -0.2) is 4.79 Å². The van der Waals surface area contributed by atoms with Crippen molar-refractivity contribution in [1.29, 1.82) is 0 Å². The number of phenols is 1. The van der Waals surface area contributed by atoms with Crippen LogP contribution < -0.4 is 4.74 Å². The number of aromatic hydroxyl groups is 1. The van der Waals surface area contributed by atoms with Gasteiger partial charge in [-0.2, -0.15) is 13.2 Å². The highest BCUT2D eigenvalue weighted by atomic mass is 19.4. The molecule has 3 rings (SSSR count). The van der Waals surface area contributed by atoms with Crippen molar-refractivity contribution in [3.63, 3.8) is 0 Å². The number of rotatable bonds is 2. The molecule has 24 heavy (non-hydrogen) atoms. The van der Waals surface area contributed by atoms with Gasteiger partial charge in [-0.05, 0) is 24.3 Å². The van der Waals surface area contributed by atoms with Gasteiger partial charge < -0.3 is 14.9 Å². The van der Waals surface area contributed by atoms with E-state index in [-0.39, 0.29) is 17.1 Å². The number of hydrogen-bond donors (Lipinski definition) is 2. The van der Waals surface area contributed by atoms with E-state index in [4.69, 9.17) is 4.74 Å². The van der Waals surface area contributed by atoms with Crippen molar-refractivity contribution < 1.29 is 32.9 Å². The summed E-state index contributed by atoms with van der Waals surface area (Å²) < 4.78 is 47.2. The number of benzene rings is 2. The molecule has 1 heterocycles. The van der Waals surface area contributed by atoms with E-state index in [0.29, 0.717) is 0 Å². The van der Waals surface area contributed by atoms with E-state index >= 15 is 0 Å². The van der Waals surface area contributed by atoms with Gasteiger partial charge in [-0.15, -0.1) is 0 Å². The minimum Gasteiger partial charge on any atom is -0.508 e. The molecule has 0 saturated carbocycles. The Morgan fingerprint density at radius 2 is 1.67 bits per heavy atom. The Bertz CT molecular complexity index is 824. The molecule has 0 bridgehead atoms. The van der Waals surface area contributed by atoms with Crippen molar-refractivity contribution in [3.05, 3.63) is 65.2 Å². The predicted molar refractivity (Wildman–Crippen MR) is 78.5 cm³/mol. The molecule has 4 nitrogen and oxygen atoms in total. The van der Waals surface area contributed by atoms with Crippen LogP contribution in [-0.2, 0) is 10.4 Å². The number of phenolic OH excluding ortho intramolecular Hbond substituents is 1. The summed E-state index contributed by atoms with van der Waals surface area (Å²) in [6.45, 7) is 0. The summed E-state index contributed by atoms with van der Waals surface area (Å²) in [5, 5.41) is 18.7. The second-order valence-corrected chi connectivity index (χ2v) is 5.23. The Hall–Kier alpha value is -2.96. The largest absolute Gasteiger partial charge is 0.508 e. The molecule has 7 heteroatoms. The molecule has 0 fully saturated rings. The van der Waals surface area contributed by atoms with Crippen molar-refractivity contribution in [2.45, 2.75) is 11.8 Å². The Morgan fingerprint density at radius 3 is 2.25 bits per heavy atom. The van der Waals surface area contributed by atoms with Crippen LogP contribution in [0, 0.1) is 0 Å². The van der Waals surface area contributed by atoms with Crippen molar-refractivity contribution in [2.24, 2.45) is 0 Å². The van der Waals surface area contributed by atoms with Gasteiger partial charge in [0.2, 0.25) is 0 Å². The molecule has 1 aliphatic heterocycles. The van der Waals surface area contributed by atoms with Crippen LogP contribution in [0.15, 0.2) is 54.1 Å². The number of hydrogen-bond acceptors (Lipinski definition) is 3. The van der Waals surface area contributed by atoms with Gasteiger partial charge in [0.1, 0.15) is 11.5 Å². The monoisotopic (exact) mass is 336 g/mol. The molecule has 0 spiro atoms. The smallest absolute Gasteiger partial charge is 0.437 e. The maximum absolute atomic E-state index is 14.0. The highest BCUT2D eigenvalue weighted by molar-refractivity contribution is 5.96. The summed E-state index contributed by atoms with van der Waals surface area (Å²) in [7, 11) is 0. The van der Waals surface area contributed by atoms with Crippen LogP contribution in [-0.4, -0.2) is 22.4 Å². The molecule has 1 unspecified atom stereocenters. The fraction of sp³-hybridized carbons (Fsp3) is 0.118. The second-order valence-electron chi connectivity index (χ2n) is 5.23. The van der Waals surface area contributed by atoms with Crippen LogP contribution >= 0.6 is 0 Å². The van der Waals surface area contributed by atoms with E-state index < -0.39 is 28.9 Å². The first kappa shape index (κ1) is 15.9. The summed E-state index contributed by atoms with van der Waals surface area (Å²) in [5.41, 5.74) is -4.30. The van der Waals surface area contributed by atoms with Gasteiger partial charge in [0, 0.05) is 11.1 Å². The molecule has 2 N–H and O–H groups in total. The molecule has 2 aromatic rings. The summed E-state index contributed by atoms with van der Waals surface area (Å²) >= 11 is 0. The number of carboxylic acid groups (broad SMARTS) is 1. The first-order valence-electron chi connectivity index (χ1n) is 6.85. The number of ether oxygens (including phenoxy) is 1. The Balaban J connectivity index is 2.33. The van der Waals surface area contributed by atoms with Crippen LogP contribution in [0.2, 0.25) is 0 Å². The molecular weight excluding hydrogens is 325 g/mol. The SMILES string of the molecule is O=C(O)C1=Cc2ccccc2OC1(c1ccc(O)cc1)C(F)(F)F. The van der Waals surface area contributed by atoms with Crippen LogP contribution in [0.25, 0.3) is 6.08 Å². The number of carboxylic acids is 1. The molecule has 1 atom stereocenters. The lowest BCUT2D eigenvalue weighted by Gasteiger charge is -2.39. The maximum Gasteiger partial charge on any atom is 0.437 e. The van der Waals surface area contributed by atoms with Crippen molar-refractivity contribution >= 4 is 12.0 Å². The number of aliphatic carboxylic acids is 1. The van der Waals surface area contributed by atoms with E-state index in [0.717, 1.165) is 30.3 Å². The Morgan fingerprint density at radius 1 is 1.04 bits per heavy atom. The third kappa shape index (κ3) is 2.29. The zero-order valence-electron chi connectivity index (χ0n) is 12.0. The summed E-state index contributed by atoms with van der Waals surface area (Å²) in [6, 6.07) is 9.95. The number of fused-ring (bicyclic) bond motifs is 1. The molecule has 124 valence electrons. The number of para-hydroxylation sites is 1. The van der Waals surface area contributed by atoms with Gasteiger partial charge in [0.15, 0.2) is 0 Å². The molecule has 0 amide bonds. The number of halogens is 3. The van der Waals surface area contributed by atoms with E-state index in [2.05, 4.69) is 0 Å². The van der Waals surface area contributed by atoms with Crippen LogP contribution in [0.5, 0.6) is 11.5 Å². The van der Waals surface area contributed by atoms with E-state index in [1.54, 1.807) is 6.07 Å². The van der Waals surface area contributed by atoms with E-state index in [1.807, 2.05) is 0 Å². The molecule has 0 aromatic heterocycles. The predicted octanol–water partition coefficient (Wildman–Crippen LogP) is 3.71. The average molecular weight is 336 g/mol. The standard InChI is InChI=1S/C17H11F3O4/c18-17(19,20)16(11-5-7-12(21)8-6-11)13(15(22)23)9-10-3-1-2-4-14(10)24-16/h1-9,21H,(H,22,23). The Labute approximate surface area is 134 Å². The molecule has 2 aromatic carbocycles. The first-order chi connectivity index (χ1) is 11.3. The molecule has 0 saturated heterocycles. The average Bonchev–Trinajstić information content (AvgIpc) is 2.53. The van der Waals surface area contributed by atoms with E-state index in [9.17, 15) is 28.2 Å². The number of carbonyl (C=O) groups is 1. The normalized spacial score (nSPS) is 19.9. The van der Waals surface area contributed by atoms with Crippen molar-refractivity contribution in [2.75, 3.05) is 0 Å². The molecule has 0 radical (unpaired) electrons. The van der Waals surface area contributed by atoms with Crippen LogP contribution in [0.1, 0.15) is 11.1 Å². The van der Waals surface area contributed by atoms with Gasteiger partial charge in [0.25, 0.3) is 5.60 Å². The molecule has 1 aliphatic rings. The fourth-order valence-electron chi connectivity index (χ4n) is 2.67. The van der Waals surface area contributed by atoms with Gasteiger partial charge in [-0.3, -0.25) is 0 Å². The minimum absolute atomic E-state index is 0.0760. The van der Waals surface area contributed by atoms with Crippen molar-refractivity contribution in [1.82, 2.24) is 0 Å². The second kappa shape index (κ2) is 5.30. The summed E-state index contributed by atoms with van der Waals surface area (Å²) in [5.74, 6) is -2.06. The zero-order valence-corrected chi connectivity index (χ0v) is 12.0. The third-order valence-corrected chi connectivity index (χ3v) is 3.76. The lowest BCUT2D eigenvalue weighted by atomic mass is 9.82. The highest BCUT2D eigenvalue weighted by Crippen LogP contribution is 2.51. The maximum atomic E-state index is 14.0. The number of alkyl halides is 3. The molecular formula is C17H11F3O4. The minimum atomic E-state index is -5.04. The third-order valence-electron chi connectivity index (χ3n) is 3.76. The van der Waals surface area contributed by atoms with Gasteiger partial charge in [0.05, 0.1) is 5.57 Å². The van der Waals surface area contributed by atoms with E-state index in [1.165, 1.54) is 18.2 Å². The molecule has 0 aliphatic carbocycles. The Kier molecular flexibility index (Phi) is 3.51.